The molecule has 2 aromatic rings. The molecule has 0 fully saturated rings. The van der Waals surface area contributed by atoms with Crippen LogP contribution in [0.5, 0.6) is 0 Å². The molecule has 0 aliphatic carbocycles. The zero-order valence-corrected chi connectivity index (χ0v) is 14.8. The lowest BCUT2D eigenvalue weighted by Gasteiger charge is -2.23. The summed E-state index contributed by atoms with van der Waals surface area (Å²) in [6.07, 6.45) is -1.47. The van der Waals surface area contributed by atoms with Crippen LogP contribution >= 0.6 is 7.82 Å². The molecule has 0 spiro atoms. The Morgan fingerprint density at radius 3 is 1.67 bits per heavy atom. The van der Waals surface area contributed by atoms with Crippen LogP contribution in [0.25, 0.3) is 0 Å². The normalized spacial score (nSPS) is 14.3. The summed E-state index contributed by atoms with van der Waals surface area (Å²) in [5.74, 6) is 0. The summed E-state index contributed by atoms with van der Waals surface area (Å²) in [5.41, 5.74) is 1.71. The van der Waals surface area contributed by atoms with Crippen LogP contribution in [-0.4, -0.2) is 17.3 Å². The highest BCUT2D eigenvalue weighted by Gasteiger charge is 2.31. The summed E-state index contributed by atoms with van der Waals surface area (Å²) in [6.45, 7) is 3.37. The molecule has 0 radical (unpaired) electrons. The van der Waals surface area contributed by atoms with Crippen molar-refractivity contribution in [3.8, 4) is 0 Å². The van der Waals surface area contributed by atoms with Crippen LogP contribution in [0.15, 0.2) is 60.7 Å². The summed E-state index contributed by atoms with van der Waals surface area (Å²) in [6, 6.07) is 18.7. The van der Waals surface area contributed by atoms with E-state index in [2.05, 4.69) is 0 Å². The molecule has 5 nitrogen and oxygen atoms in total. The number of phosphoric ester groups is 1. The molecule has 0 amide bonds. The Morgan fingerprint density at radius 2 is 1.29 bits per heavy atom. The van der Waals surface area contributed by atoms with Crippen LogP contribution in [0.1, 0.15) is 25.0 Å². The second-order valence-corrected chi connectivity index (χ2v) is 7.14. The van der Waals surface area contributed by atoms with E-state index in [9.17, 15) is 9.67 Å². The Bertz CT molecular complexity index is 597. The lowest BCUT2D eigenvalue weighted by atomic mass is 10.2. The van der Waals surface area contributed by atoms with E-state index in [1.807, 2.05) is 60.7 Å². The van der Waals surface area contributed by atoms with Gasteiger partial charge in [0.1, 0.15) is 0 Å². The summed E-state index contributed by atoms with van der Waals surface area (Å²) >= 11 is 0. The van der Waals surface area contributed by atoms with Gasteiger partial charge in [-0.15, -0.1) is 0 Å². The highest BCUT2D eigenvalue weighted by atomic mass is 31.2. The highest BCUT2D eigenvalue weighted by molar-refractivity contribution is 7.48. The first-order valence-electron chi connectivity index (χ1n) is 7.82. The Morgan fingerprint density at radius 1 is 0.875 bits per heavy atom. The Balaban J connectivity index is 2.03. The number of aliphatic hydroxyl groups is 1. The number of hydrogen-bond donors (Lipinski definition) is 1. The maximum absolute atomic E-state index is 12.9. The molecule has 2 rings (SSSR count). The fraction of sp³-hybridized carbons (Fsp3) is 0.333. The third kappa shape index (κ3) is 6.19. The topological polar surface area (TPSA) is 65.0 Å². The summed E-state index contributed by atoms with van der Waals surface area (Å²) in [4.78, 5) is 0. The van der Waals surface area contributed by atoms with E-state index in [4.69, 9.17) is 13.6 Å². The minimum atomic E-state index is -3.82. The van der Waals surface area contributed by atoms with Crippen molar-refractivity contribution >= 4 is 7.82 Å². The van der Waals surface area contributed by atoms with Gasteiger partial charge in [0.05, 0.1) is 25.4 Å². The average molecular weight is 350 g/mol. The molecule has 0 aromatic heterocycles. The van der Waals surface area contributed by atoms with Gasteiger partial charge in [0.2, 0.25) is 0 Å². The minimum absolute atomic E-state index is 0.0967. The third-order valence-electron chi connectivity index (χ3n) is 3.44. The molecule has 6 heteroatoms. The highest BCUT2D eigenvalue weighted by Crippen LogP contribution is 2.52. The van der Waals surface area contributed by atoms with E-state index in [1.165, 1.54) is 0 Å². The largest absolute Gasteiger partial charge is 0.475 e. The second-order valence-electron chi connectivity index (χ2n) is 5.52. The maximum Gasteiger partial charge on any atom is 0.475 e. The number of aliphatic hydroxyl groups excluding tert-OH is 1. The van der Waals surface area contributed by atoms with Crippen molar-refractivity contribution in [3.63, 3.8) is 0 Å². The van der Waals surface area contributed by atoms with Gasteiger partial charge in [-0.05, 0) is 25.0 Å². The van der Waals surface area contributed by atoms with E-state index in [0.29, 0.717) is 0 Å². The zero-order chi connectivity index (χ0) is 17.4. The molecule has 2 atom stereocenters. The predicted octanol–water partition coefficient (Wildman–Crippen LogP) is 4.31. The molecule has 0 heterocycles. The quantitative estimate of drug-likeness (QED) is 0.683. The first-order chi connectivity index (χ1) is 11.5. The van der Waals surface area contributed by atoms with E-state index in [0.717, 1.165) is 11.1 Å². The smallest absolute Gasteiger partial charge is 0.391 e. The minimum Gasteiger partial charge on any atom is -0.391 e. The molecule has 130 valence electrons. The van der Waals surface area contributed by atoms with Crippen LogP contribution in [-0.2, 0) is 31.4 Å². The molecule has 1 N–H and O–H groups in total. The zero-order valence-electron chi connectivity index (χ0n) is 13.9. The molecule has 0 unspecified atom stereocenters. The van der Waals surface area contributed by atoms with Crippen LogP contribution in [0.3, 0.4) is 0 Å². The van der Waals surface area contributed by atoms with Gasteiger partial charge in [0.25, 0.3) is 0 Å². The summed E-state index contributed by atoms with van der Waals surface area (Å²) < 4.78 is 29.2. The third-order valence-corrected chi connectivity index (χ3v) is 4.92. The van der Waals surface area contributed by atoms with E-state index in [1.54, 1.807) is 13.8 Å². The molecule has 0 saturated heterocycles. The van der Waals surface area contributed by atoms with E-state index in [-0.39, 0.29) is 13.2 Å². The van der Waals surface area contributed by atoms with Crippen molar-refractivity contribution in [2.24, 2.45) is 0 Å². The van der Waals surface area contributed by atoms with Crippen LogP contribution < -0.4 is 0 Å². The second kappa shape index (κ2) is 9.11. The van der Waals surface area contributed by atoms with Gasteiger partial charge in [-0.2, -0.15) is 0 Å². The summed E-state index contributed by atoms with van der Waals surface area (Å²) in [5, 5.41) is 9.60. The van der Waals surface area contributed by atoms with Crippen molar-refractivity contribution < 1.29 is 23.2 Å². The Labute approximate surface area is 142 Å². The number of benzene rings is 2. The molecule has 0 aliphatic rings. The maximum atomic E-state index is 12.9. The molecular weight excluding hydrogens is 327 g/mol. The Kier molecular flexibility index (Phi) is 7.16. The lowest BCUT2D eigenvalue weighted by Crippen LogP contribution is -2.22. The van der Waals surface area contributed by atoms with Crippen molar-refractivity contribution in [1.82, 2.24) is 0 Å². The van der Waals surface area contributed by atoms with E-state index >= 15 is 0 Å². The van der Waals surface area contributed by atoms with Gasteiger partial charge in [0.15, 0.2) is 0 Å². The first kappa shape index (κ1) is 18.8. The van der Waals surface area contributed by atoms with Gasteiger partial charge in [-0.3, -0.25) is 13.6 Å². The average Bonchev–Trinajstić information content (AvgIpc) is 2.60. The molecule has 0 aliphatic heterocycles. The number of hydrogen-bond acceptors (Lipinski definition) is 5. The van der Waals surface area contributed by atoms with Crippen LogP contribution in [0, 0.1) is 0 Å². The van der Waals surface area contributed by atoms with Crippen LogP contribution in [0.4, 0.5) is 0 Å². The van der Waals surface area contributed by atoms with Gasteiger partial charge in [0, 0.05) is 0 Å². The number of rotatable bonds is 9. The van der Waals surface area contributed by atoms with Crippen molar-refractivity contribution in [1.29, 1.82) is 0 Å². The Hall–Kier alpha value is -1.49. The lowest BCUT2D eigenvalue weighted by molar-refractivity contribution is 0.0154. The first-order valence-corrected chi connectivity index (χ1v) is 9.28. The predicted molar refractivity (Wildman–Crippen MR) is 92.3 cm³/mol. The van der Waals surface area contributed by atoms with Gasteiger partial charge in [-0.1, -0.05) is 60.7 Å². The SMILES string of the molecule is C[C@@H](O)[C@@H](C)OP(=O)(OCc1ccccc1)OCc1ccccc1. The number of phosphoric acid groups is 1. The van der Waals surface area contributed by atoms with Crippen LogP contribution in [0.2, 0.25) is 0 Å². The van der Waals surface area contributed by atoms with Crippen molar-refractivity contribution in [2.75, 3.05) is 0 Å². The van der Waals surface area contributed by atoms with E-state index < -0.39 is 20.0 Å². The monoisotopic (exact) mass is 350 g/mol. The molecule has 24 heavy (non-hydrogen) atoms. The fourth-order valence-electron chi connectivity index (χ4n) is 1.85. The molecular formula is C18H23O5P. The van der Waals surface area contributed by atoms with Crippen molar-refractivity contribution in [3.05, 3.63) is 71.8 Å². The molecule has 2 aromatic carbocycles. The van der Waals surface area contributed by atoms with Gasteiger partial charge < -0.3 is 5.11 Å². The fourth-order valence-corrected chi connectivity index (χ4v) is 3.24. The van der Waals surface area contributed by atoms with Gasteiger partial charge >= 0.3 is 7.82 Å². The standard InChI is InChI=1S/C18H23O5P/c1-15(19)16(2)23-24(20,21-13-17-9-5-3-6-10-17)22-14-18-11-7-4-8-12-18/h3-12,15-16,19H,13-14H2,1-2H3/t15-,16-/m1/s1. The summed E-state index contributed by atoms with van der Waals surface area (Å²) in [7, 11) is -3.82. The molecule has 0 saturated carbocycles. The molecule has 0 bridgehead atoms. The van der Waals surface area contributed by atoms with Gasteiger partial charge in [-0.25, -0.2) is 4.57 Å². The van der Waals surface area contributed by atoms with Crippen molar-refractivity contribution in [2.45, 2.75) is 39.3 Å².